The van der Waals surface area contributed by atoms with E-state index >= 15 is 0 Å². The Balaban J connectivity index is 0.00000161. The Kier molecular flexibility index (Phi) is 5.49. The quantitative estimate of drug-likeness (QED) is 0.755. The van der Waals surface area contributed by atoms with Crippen molar-refractivity contribution in [3.05, 3.63) is 66.4 Å². The van der Waals surface area contributed by atoms with Gasteiger partial charge in [-0.05, 0) is 12.1 Å². The van der Waals surface area contributed by atoms with Gasteiger partial charge in [0.15, 0.2) is 5.76 Å². The first-order chi connectivity index (χ1) is 9.75. The third-order valence-corrected chi connectivity index (χ3v) is 2.95. The molecule has 0 unspecified atom stereocenters. The number of carboxylic acids is 1. The molecule has 100 valence electrons. The van der Waals surface area contributed by atoms with Crippen molar-refractivity contribution >= 4 is 57.4 Å². The number of oxazole rings is 1. The van der Waals surface area contributed by atoms with Crippen LogP contribution in [0.1, 0.15) is 10.4 Å². The van der Waals surface area contributed by atoms with Crippen molar-refractivity contribution in [1.82, 2.24) is 4.98 Å². The summed E-state index contributed by atoms with van der Waals surface area (Å²) in [5, 5.41) is 9.18. The zero-order valence-electron chi connectivity index (χ0n) is 10.5. The molecule has 0 amide bonds. The maximum absolute atomic E-state index is 11.2. The Morgan fingerprint density at radius 2 is 1.67 bits per heavy atom. The zero-order valence-corrected chi connectivity index (χ0v) is 10.5. The van der Waals surface area contributed by atoms with E-state index in [-0.39, 0.29) is 56.9 Å². The van der Waals surface area contributed by atoms with Gasteiger partial charge in [-0.15, -0.1) is 0 Å². The molecule has 2 aromatic carbocycles. The molecule has 0 bridgehead atoms. The van der Waals surface area contributed by atoms with Crippen LogP contribution in [0.5, 0.6) is 0 Å². The second kappa shape index (κ2) is 7.15. The molecule has 0 aliphatic carbocycles. The molecule has 3 aromatic rings. The monoisotopic (exact) mass is 305 g/mol. The summed E-state index contributed by atoms with van der Waals surface area (Å²) in [6.07, 6.45) is 1.60. The van der Waals surface area contributed by atoms with E-state index in [0.717, 1.165) is 5.56 Å². The molecule has 0 aliphatic heterocycles. The number of hydrogen-bond acceptors (Lipinski definition) is 3. The summed E-state index contributed by atoms with van der Waals surface area (Å²) in [4.78, 5) is 15.4. The summed E-state index contributed by atoms with van der Waals surface area (Å²) in [7, 11) is 0. The zero-order chi connectivity index (χ0) is 13.9. The van der Waals surface area contributed by atoms with Crippen LogP contribution in [-0.4, -0.2) is 67.4 Å². The summed E-state index contributed by atoms with van der Waals surface area (Å²) in [6, 6.07) is 16.2. The van der Waals surface area contributed by atoms with E-state index in [0.29, 0.717) is 17.2 Å². The molecule has 1 heterocycles. The van der Waals surface area contributed by atoms with E-state index in [1.165, 1.54) is 6.07 Å². The van der Waals surface area contributed by atoms with E-state index < -0.39 is 5.97 Å². The van der Waals surface area contributed by atoms with Gasteiger partial charge in [-0.1, -0.05) is 42.5 Å². The van der Waals surface area contributed by atoms with Crippen LogP contribution >= 0.6 is 0 Å². The fourth-order valence-corrected chi connectivity index (χ4v) is 1.99. The van der Waals surface area contributed by atoms with Crippen molar-refractivity contribution in [2.75, 3.05) is 0 Å². The molecule has 5 heteroatoms. The molecule has 0 aliphatic rings. The molecule has 21 heavy (non-hydrogen) atoms. The van der Waals surface area contributed by atoms with E-state index in [1.54, 1.807) is 24.4 Å². The number of nitrogens with zero attached hydrogens (tertiary/aromatic N) is 1. The Morgan fingerprint density at radius 3 is 2.38 bits per heavy atom. The standard InChI is InChI=1S/C16H11NO3.K.H/c18-16(19)13-9-5-4-8-12(13)15-17-10-14(20-15)11-6-2-1-3-7-11;;/h1-10H,(H,18,19);;. The number of aromatic carboxylic acids is 1. The number of benzene rings is 2. The van der Waals surface area contributed by atoms with Crippen LogP contribution in [-0.2, 0) is 0 Å². The average molecular weight is 305 g/mol. The molecule has 3 rings (SSSR count). The van der Waals surface area contributed by atoms with Gasteiger partial charge in [-0.2, -0.15) is 0 Å². The number of carboxylic acid groups (broad SMARTS) is 1. The van der Waals surface area contributed by atoms with Gasteiger partial charge in [0.1, 0.15) is 0 Å². The molecule has 1 aromatic heterocycles. The van der Waals surface area contributed by atoms with Gasteiger partial charge in [-0.3, -0.25) is 0 Å². The normalized spacial score (nSPS) is 9.90. The van der Waals surface area contributed by atoms with E-state index in [4.69, 9.17) is 4.42 Å². The van der Waals surface area contributed by atoms with Gasteiger partial charge in [0.05, 0.1) is 17.3 Å². The van der Waals surface area contributed by atoms with Crippen molar-refractivity contribution < 1.29 is 14.3 Å². The SMILES string of the molecule is O=C(O)c1ccccc1-c1ncc(-c2ccccc2)o1.[KH]. The van der Waals surface area contributed by atoms with Crippen molar-refractivity contribution in [3.8, 4) is 22.8 Å². The van der Waals surface area contributed by atoms with Gasteiger partial charge in [0.2, 0.25) is 5.89 Å². The summed E-state index contributed by atoms with van der Waals surface area (Å²) in [6.45, 7) is 0. The predicted octanol–water partition coefficient (Wildman–Crippen LogP) is 3.06. The van der Waals surface area contributed by atoms with Crippen LogP contribution in [0, 0.1) is 0 Å². The molecule has 0 saturated heterocycles. The van der Waals surface area contributed by atoms with E-state index in [2.05, 4.69) is 4.98 Å². The molecule has 0 spiro atoms. The van der Waals surface area contributed by atoms with E-state index in [1.807, 2.05) is 30.3 Å². The van der Waals surface area contributed by atoms with Crippen molar-refractivity contribution in [3.63, 3.8) is 0 Å². The molecule has 1 N–H and O–H groups in total. The summed E-state index contributed by atoms with van der Waals surface area (Å²) in [5.41, 5.74) is 1.55. The summed E-state index contributed by atoms with van der Waals surface area (Å²) >= 11 is 0. The van der Waals surface area contributed by atoms with Crippen LogP contribution in [0.25, 0.3) is 22.8 Å². The molecule has 0 fully saturated rings. The molecule has 4 nitrogen and oxygen atoms in total. The molecule has 0 saturated carbocycles. The Morgan fingerprint density at radius 1 is 1.00 bits per heavy atom. The van der Waals surface area contributed by atoms with Crippen molar-refractivity contribution in [2.45, 2.75) is 0 Å². The van der Waals surface area contributed by atoms with Crippen LogP contribution in [0.15, 0.2) is 65.2 Å². The fraction of sp³-hybridized carbons (Fsp3) is 0. The first kappa shape index (κ1) is 16.1. The predicted molar refractivity (Wildman–Crippen MR) is 81.5 cm³/mol. The third-order valence-electron chi connectivity index (χ3n) is 2.95. The molecular formula is C16H12KNO3. The van der Waals surface area contributed by atoms with Crippen LogP contribution in [0.2, 0.25) is 0 Å². The molecular weight excluding hydrogens is 293 g/mol. The summed E-state index contributed by atoms with van der Waals surface area (Å²) in [5.74, 6) is -0.0808. The van der Waals surface area contributed by atoms with Gasteiger partial charge < -0.3 is 9.52 Å². The average Bonchev–Trinajstić information content (AvgIpc) is 2.98. The first-order valence-electron chi connectivity index (χ1n) is 6.09. The summed E-state index contributed by atoms with van der Waals surface area (Å²) < 4.78 is 5.67. The van der Waals surface area contributed by atoms with Crippen molar-refractivity contribution in [1.29, 1.82) is 0 Å². The van der Waals surface area contributed by atoms with Gasteiger partial charge >= 0.3 is 57.4 Å². The second-order valence-corrected chi connectivity index (χ2v) is 4.25. The minimum atomic E-state index is -1.000. The molecule has 0 atom stereocenters. The Bertz CT molecular complexity index is 753. The number of rotatable bonds is 3. The van der Waals surface area contributed by atoms with Gasteiger partial charge in [0, 0.05) is 5.56 Å². The van der Waals surface area contributed by atoms with Crippen LogP contribution in [0.4, 0.5) is 0 Å². The first-order valence-corrected chi connectivity index (χ1v) is 6.09. The Labute approximate surface area is 164 Å². The number of aromatic nitrogens is 1. The maximum atomic E-state index is 11.2. The second-order valence-electron chi connectivity index (χ2n) is 4.25. The fourth-order valence-electron chi connectivity index (χ4n) is 1.99. The van der Waals surface area contributed by atoms with Crippen LogP contribution < -0.4 is 0 Å². The van der Waals surface area contributed by atoms with Gasteiger partial charge in [-0.25, -0.2) is 9.78 Å². The van der Waals surface area contributed by atoms with Crippen molar-refractivity contribution in [2.24, 2.45) is 0 Å². The molecule has 0 radical (unpaired) electrons. The number of carbonyl (C=O) groups is 1. The topological polar surface area (TPSA) is 63.3 Å². The minimum absolute atomic E-state index is 0. The van der Waals surface area contributed by atoms with Gasteiger partial charge in [0.25, 0.3) is 0 Å². The Hall–Kier alpha value is -1.24. The van der Waals surface area contributed by atoms with E-state index in [9.17, 15) is 9.90 Å². The van der Waals surface area contributed by atoms with Crippen LogP contribution in [0.3, 0.4) is 0 Å². The third kappa shape index (κ3) is 3.51. The number of hydrogen-bond donors (Lipinski definition) is 1.